The van der Waals surface area contributed by atoms with Crippen molar-refractivity contribution in [1.82, 2.24) is 19.5 Å². The molecular weight excluding hydrogens is 613 g/mol. The first-order valence-electron chi connectivity index (χ1n) is 16.7. The van der Waals surface area contributed by atoms with Gasteiger partial charge in [-0.15, -0.1) is 0 Å². The lowest BCUT2D eigenvalue weighted by Gasteiger charge is -2.12. The molecule has 0 aliphatic carbocycles. The Bertz CT molecular complexity index is 2850. The van der Waals surface area contributed by atoms with Crippen molar-refractivity contribution in [3.05, 3.63) is 170 Å². The van der Waals surface area contributed by atoms with Gasteiger partial charge in [-0.25, -0.2) is 15.0 Å². The molecule has 0 spiro atoms. The van der Waals surface area contributed by atoms with Crippen molar-refractivity contribution < 1.29 is 4.42 Å². The third-order valence-corrected chi connectivity index (χ3v) is 9.45. The molecule has 0 radical (unpaired) electrons. The van der Waals surface area contributed by atoms with Gasteiger partial charge in [0.25, 0.3) is 0 Å². The van der Waals surface area contributed by atoms with Gasteiger partial charge in [0.2, 0.25) is 0 Å². The summed E-state index contributed by atoms with van der Waals surface area (Å²) in [5.74, 6) is 1.87. The predicted octanol–water partition coefficient (Wildman–Crippen LogP) is 11.5. The Morgan fingerprint density at radius 2 is 0.940 bits per heavy atom. The van der Waals surface area contributed by atoms with Crippen LogP contribution >= 0.6 is 0 Å². The highest BCUT2D eigenvalue weighted by molar-refractivity contribution is 6.24. The maximum absolute atomic E-state index is 6.34. The van der Waals surface area contributed by atoms with E-state index in [0.29, 0.717) is 17.5 Å². The van der Waals surface area contributed by atoms with Gasteiger partial charge in [-0.2, -0.15) is 0 Å². The predicted molar refractivity (Wildman–Crippen MR) is 203 cm³/mol. The minimum absolute atomic E-state index is 0.613. The van der Waals surface area contributed by atoms with Crippen LogP contribution in [0.3, 0.4) is 0 Å². The summed E-state index contributed by atoms with van der Waals surface area (Å²) in [6.45, 7) is 0. The maximum Gasteiger partial charge on any atom is 0.164 e. The van der Waals surface area contributed by atoms with E-state index in [0.717, 1.165) is 60.9 Å². The lowest BCUT2D eigenvalue weighted by atomic mass is 10.0. The number of rotatable bonds is 5. The molecule has 5 nitrogen and oxygen atoms in total. The Morgan fingerprint density at radius 3 is 1.70 bits per heavy atom. The van der Waals surface area contributed by atoms with Crippen LogP contribution < -0.4 is 0 Å². The fourth-order valence-electron chi connectivity index (χ4n) is 7.11. The lowest BCUT2D eigenvalue weighted by Crippen LogP contribution is -2.01. The maximum atomic E-state index is 6.34. The van der Waals surface area contributed by atoms with Crippen LogP contribution in [0.5, 0.6) is 0 Å². The number of fused-ring (bicyclic) bond motifs is 7. The molecule has 0 saturated carbocycles. The van der Waals surface area contributed by atoms with Crippen LogP contribution in [0.25, 0.3) is 94.7 Å². The molecule has 5 heteroatoms. The fourth-order valence-corrected chi connectivity index (χ4v) is 7.11. The first kappa shape index (κ1) is 28.2. The topological polar surface area (TPSA) is 56.7 Å². The van der Waals surface area contributed by atoms with E-state index in [1.54, 1.807) is 0 Å². The summed E-state index contributed by atoms with van der Waals surface area (Å²) in [5.41, 5.74) is 10.1. The highest BCUT2D eigenvalue weighted by Crippen LogP contribution is 2.41. The molecule has 0 amide bonds. The first-order valence-corrected chi connectivity index (χ1v) is 16.7. The van der Waals surface area contributed by atoms with Crippen LogP contribution in [0.2, 0.25) is 0 Å². The van der Waals surface area contributed by atoms with Crippen LogP contribution in [0.15, 0.2) is 174 Å². The molecule has 0 saturated heterocycles. The number of nitrogens with zero attached hydrogens (tertiary/aromatic N) is 4. The molecule has 10 rings (SSSR count). The zero-order chi connectivity index (χ0) is 33.0. The highest BCUT2D eigenvalue weighted by Gasteiger charge is 2.20. The van der Waals surface area contributed by atoms with Crippen molar-refractivity contribution >= 4 is 43.7 Å². The van der Waals surface area contributed by atoms with Gasteiger partial charge in [-0.1, -0.05) is 133 Å². The van der Waals surface area contributed by atoms with Gasteiger partial charge in [-0.05, 0) is 47.5 Å². The van der Waals surface area contributed by atoms with E-state index in [1.807, 2.05) is 48.5 Å². The number of aromatic nitrogens is 4. The average Bonchev–Trinajstić information content (AvgIpc) is 3.74. The summed E-state index contributed by atoms with van der Waals surface area (Å²) in [6.07, 6.45) is 0. The second kappa shape index (κ2) is 11.4. The monoisotopic (exact) mass is 640 g/mol. The molecule has 0 bridgehead atoms. The van der Waals surface area contributed by atoms with Gasteiger partial charge in [0, 0.05) is 38.5 Å². The van der Waals surface area contributed by atoms with E-state index >= 15 is 0 Å². The number of para-hydroxylation sites is 2. The van der Waals surface area contributed by atoms with Gasteiger partial charge < -0.3 is 8.98 Å². The molecule has 0 aliphatic heterocycles. The fraction of sp³-hybridized carbons (Fsp3) is 0. The quantitative estimate of drug-likeness (QED) is 0.188. The number of hydrogen-bond donors (Lipinski definition) is 0. The summed E-state index contributed by atoms with van der Waals surface area (Å²) in [5, 5.41) is 4.57. The summed E-state index contributed by atoms with van der Waals surface area (Å²) in [4.78, 5) is 15.1. The molecule has 0 fully saturated rings. The largest absolute Gasteiger partial charge is 0.456 e. The number of hydrogen-bond acceptors (Lipinski definition) is 4. The Balaban J connectivity index is 1.17. The standard InChI is InChI=1S/C45H28N4O/c1-3-12-29(13-4-1)30-22-24-32(25-23-30)44-46-43(31-14-5-2-6-15-31)47-45(48-44)33-16-11-17-34(28-33)49-38-20-9-7-18-35(38)36-26-27-40-41(42(36)49)37-19-8-10-21-39(37)50-40/h1-28H. The first-order chi connectivity index (χ1) is 24.8. The molecule has 0 unspecified atom stereocenters. The summed E-state index contributed by atoms with van der Waals surface area (Å²) >= 11 is 0. The summed E-state index contributed by atoms with van der Waals surface area (Å²) in [6, 6.07) is 58.5. The van der Waals surface area contributed by atoms with Crippen LogP contribution in [0.1, 0.15) is 0 Å². The molecular formula is C45H28N4O. The van der Waals surface area contributed by atoms with Gasteiger partial charge in [0.1, 0.15) is 11.2 Å². The second-order valence-electron chi connectivity index (χ2n) is 12.5. The van der Waals surface area contributed by atoms with Crippen molar-refractivity contribution in [3.63, 3.8) is 0 Å². The van der Waals surface area contributed by atoms with Gasteiger partial charge in [-0.3, -0.25) is 0 Å². The van der Waals surface area contributed by atoms with Crippen molar-refractivity contribution in [2.24, 2.45) is 0 Å². The third kappa shape index (κ3) is 4.60. The van der Waals surface area contributed by atoms with E-state index < -0.39 is 0 Å². The Labute approximate surface area is 287 Å². The normalized spacial score (nSPS) is 11.6. The van der Waals surface area contributed by atoms with Gasteiger partial charge in [0.05, 0.1) is 16.4 Å². The highest BCUT2D eigenvalue weighted by atomic mass is 16.3. The second-order valence-corrected chi connectivity index (χ2v) is 12.5. The van der Waals surface area contributed by atoms with Gasteiger partial charge >= 0.3 is 0 Å². The van der Waals surface area contributed by atoms with Crippen molar-refractivity contribution in [2.45, 2.75) is 0 Å². The summed E-state index contributed by atoms with van der Waals surface area (Å²) < 4.78 is 8.69. The average molecular weight is 641 g/mol. The molecule has 10 aromatic rings. The SMILES string of the molecule is c1ccc(-c2ccc(-c3nc(-c4ccccc4)nc(-c4cccc(-n5c6ccccc6c6ccc7oc8ccccc8c7c65)c4)n3)cc2)cc1. The number of furan rings is 1. The zero-order valence-corrected chi connectivity index (χ0v) is 26.9. The van der Waals surface area contributed by atoms with Crippen LogP contribution in [0.4, 0.5) is 0 Å². The van der Waals surface area contributed by atoms with E-state index in [9.17, 15) is 0 Å². The van der Waals surface area contributed by atoms with E-state index in [-0.39, 0.29) is 0 Å². The lowest BCUT2D eigenvalue weighted by molar-refractivity contribution is 0.669. The molecule has 234 valence electrons. The Morgan fingerprint density at radius 1 is 0.380 bits per heavy atom. The Kier molecular flexibility index (Phi) is 6.42. The van der Waals surface area contributed by atoms with E-state index in [1.165, 1.54) is 16.3 Å². The molecule has 0 N–H and O–H groups in total. The van der Waals surface area contributed by atoms with Crippen LogP contribution in [-0.2, 0) is 0 Å². The molecule has 0 atom stereocenters. The smallest absolute Gasteiger partial charge is 0.164 e. The van der Waals surface area contributed by atoms with Gasteiger partial charge in [0.15, 0.2) is 17.5 Å². The minimum Gasteiger partial charge on any atom is -0.456 e. The van der Waals surface area contributed by atoms with Crippen molar-refractivity contribution in [2.75, 3.05) is 0 Å². The number of benzene rings is 7. The molecule has 7 aromatic carbocycles. The molecule has 50 heavy (non-hydrogen) atoms. The van der Waals surface area contributed by atoms with E-state index in [4.69, 9.17) is 19.4 Å². The molecule has 0 aliphatic rings. The van der Waals surface area contributed by atoms with E-state index in [2.05, 4.69) is 126 Å². The zero-order valence-electron chi connectivity index (χ0n) is 26.9. The molecule has 3 heterocycles. The third-order valence-electron chi connectivity index (χ3n) is 9.45. The van der Waals surface area contributed by atoms with Crippen LogP contribution in [-0.4, -0.2) is 19.5 Å². The Hall–Kier alpha value is -6.85. The van der Waals surface area contributed by atoms with Crippen LogP contribution in [0, 0.1) is 0 Å². The minimum atomic E-state index is 0.613. The van der Waals surface area contributed by atoms with Crippen molar-refractivity contribution in [3.8, 4) is 51.0 Å². The summed E-state index contributed by atoms with van der Waals surface area (Å²) in [7, 11) is 0. The molecule has 3 aromatic heterocycles. The van der Waals surface area contributed by atoms with Crippen molar-refractivity contribution in [1.29, 1.82) is 0 Å².